The lowest BCUT2D eigenvalue weighted by Crippen LogP contribution is -2.39. The minimum atomic E-state index is -0.462. The first-order valence-electron chi connectivity index (χ1n) is 9.15. The summed E-state index contributed by atoms with van der Waals surface area (Å²) in [5, 5.41) is 0. The van der Waals surface area contributed by atoms with Crippen molar-refractivity contribution < 1.29 is 13.9 Å². The van der Waals surface area contributed by atoms with Crippen LogP contribution in [0, 0.1) is 5.82 Å². The molecule has 0 aliphatic carbocycles. The van der Waals surface area contributed by atoms with Crippen LogP contribution < -0.4 is 4.74 Å². The minimum Gasteiger partial charge on any atom is -0.434 e. The molecule has 2 aromatic heterocycles. The average Bonchev–Trinajstić information content (AvgIpc) is 2.76. The van der Waals surface area contributed by atoms with Crippen LogP contribution in [0.25, 0.3) is 0 Å². The zero-order chi connectivity index (χ0) is 19.3. The van der Waals surface area contributed by atoms with E-state index in [1.807, 2.05) is 0 Å². The summed E-state index contributed by atoms with van der Waals surface area (Å²) < 4.78 is 19.7. The van der Waals surface area contributed by atoms with Crippen molar-refractivity contribution in [3.05, 3.63) is 78.3 Å². The third-order valence-corrected chi connectivity index (χ3v) is 4.74. The van der Waals surface area contributed by atoms with Crippen molar-refractivity contribution in [3.63, 3.8) is 0 Å². The van der Waals surface area contributed by atoms with Gasteiger partial charge in [-0.2, -0.15) is 0 Å². The van der Waals surface area contributed by atoms with E-state index in [2.05, 4.69) is 15.0 Å². The van der Waals surface area contributed by atoms with Gasteiger partial charge >= 0.3 is 0 Å². The molecule has 142 valence electrons. The molecule has 1 saturated heterocycles. The molecule has 1 aromatic carbocycles. The largest absolute Gasteiger partial charge is 0.434 e. The van der Waals surface area contributed by atoms with Gasteiger partial charge in [-0.25, -0.2) is 9.37 Å². The van der Waals surface area contributed by atoms with Gasteiger partial charge in [-0.3, -0.25) is 14.8 Å². The van der Waals surface area contributed by atoms with Crippen LogP contribution >= 0.6 is 0 Å². The quantitative estimate of drug-likeness (QED) is 0.690. The average molecular weight is 378 g/mol. The molecule has 0 saturated carbocycles. The van der Waals surface area contributed by atoms with Crippen LogP contribution in [0.3, 0.4) is 0 Å². The Morgan fingerprint density at radius 2 is 1.96 bits per heavy atom. The van der Waals surface area contributed by atoms with Crippen molar-refractivity contribution in [2.45, 2.75) is 18.8 Å². The molecule has 1 amide bonds. The highest BCUT2D eigenvalue weighted by Gasteiger charge is 2.29. The summed E-state index contributed by atoms with van der Waals surface area (Å²) in [7, 11) is 0. The molecule has 3 heterocycles. The number of halogens is 1. The molecule has 0 bridgehead atoms. The van der Waals surface area contributed by atoms with Crippen molar-refractivity contribution >= 4 is 5.91 Å². The molecule has 0 radical (unpaired) electrons. The van der Waals surface area contributed by atoms with Gasteiger partial charge in [-0.15, -0.1) is 0 Å². The smallest absolute Gasteiger partial charge is 0.255 e. The highest BCUT2D eigenvalue weighted by Crippen LogP contribution is 2.33. The zero-order valence-corrected chi connectivity index (χ0v) is 15.2. The summed E-state index contributed by atoms with van der Waals surface area (Å²) in [5.74, 6) is -0.184. The van der Waals surface area contributed by atoms with Crippen LogP contribution in [-0.2, 0) is 0 Å². The maximum atomic E-state index is 14.0. The van der Waals surface area contributed by atoms with Crippen molar-refractivity contribution in [1.82, 2.24) is 19.9 Å². The number of amides is 1. The number of aromatic nitrogens is 3. The van der Waals surface area contributed by atoms with Crippen LogP contribution in [0.5, 0.6) is 11.6 Å². The summed E-state index contributed by atoms with van der Waals surface area (Å²) in [6.45, 7) is 1.17. The molecular formula is C21H19FN4O2. The SMILES string of the molecule is O=C(c1cccnc1)N1CCCC(c2nccnc2Oc2ccccc2F)C1. The number of ether oxygens (including phenoxy) is 1. The fourth-order valence-corrected chi connectivity index (χ4v) is 3.38. The van der Waals surface area contributed by atoms with Crippen LogP contribution in [0.1, 0.15) is 34.8 Å². The van der Waals surface area contributed by atoms with Crippen LogP contribution in [0.2, 0.25) is 0 Å². The van der Waals surface area contributed by atoms with Crippen molar-refractivity contribution in [2.75, 3.05) is 13.1 Å². The summed E-state index contributed by atoms with van der Waals surface area (Å²) in [6.07, 6.45) is 8.00. The lowest BCUT2D eigenvalue weighted by atomic mass is 9.94. The Hall–Kier alpha value is -3.35. The van der Waals surface area contributed by atoms with Gasteiger partial charge in [0.15, 0.2) is 11.6 Å². The number of hydrogen-bond donors (Lipinski definition) is 0. The van der Waals surface area contributed by atoms with E-state index >= 15 is 0 Å². The second kappa shape index (κ2) is 8.12. The summed E-state index contributed by atoms with van der Waals surface area (Å²) in [6, 6.07) is 9.69. The third kappa shape index (κ3) is 3.83. The van der Waals surface area contributed by atoms with Gasteiger partial charge in [0, 0.05) is 43.8 Å². The van der Waals surface area contributed by atoms with Crippen molar-refractivity contribution in [3.8, 4) is 11.6 Å². The van der Waals surface area contributed by atoms with E-state index in [4.69, 9.17) is 4.74 Å². The number of rotatable bonds is 4. The number of para-hydroxylation sites is 1. The summed E-state index contributed by atoms with van der Waals surface area (Å²) in [4.78, 5) is 27.3. The van der Waals surface area contributed by atoms with Crippen molar-refractivity contribution in [1.29, 1.82) is 0 Å². The summed E-state index contributed by atoms with van der Waals surface area (Å²) >= 11 is 0. The Bertz CT molecular complexity index is 967. The minimum absolute atomic E-state index is 0.0372. The Balaban J connectivity index is 1.56. The molecule has 0 spiro atoms. The van der Waals surface area contributed by atoms with Crippen LogP contribution in [0.15, 0.2) is 61.2 Å². The van der Waals surface area contributed by atoms with Gasteiger partial charge in [0.2, 0.25) is 5.88 Å². The highest BCUT2D eigenvalue weighted by atomic mass is 19.1. The molecule has 0 N–H and O–H groups in total. The third-order valence-electron chi connectivity index (χ3n) is 4.74. The van der Waals surface area contributed by atoms with Gasteiger partial charge in [0.1, 0.15) is 5.69 Å². The highest BCUT2D eigenvalue weighted by molar-refractivity contribution is 5.94. The monoisotopic (exact) mass is 378 g/mol. The maximum Gasteiger partial charge on any atom is 0.255 e. The van der Waals surface area contributed by atoms with E-state index in [9.17, 15) is 9.18 Å². The molecule has 28 heavy (non-hydrogen) atoms. The topological polar surface area (TPSA) is 68.2 Å². The van der Waals surface area contributed by atoms with Crippen LogP contribution in [0.4, 0.5) is 4.39 Å². The van der Waals surface area contributed by atoms with E-state index in [1.54, 1.807) is 53.8 Å². The standard InChI is InChI=1S/C21H19FN4O2/c22-17-7-1-2-8-18(17)28-20-19(24-10-11-25-20)16-6-4-12-26(14-16)21(27)15-5-3-9-23-13-15/h1-3,5,7-11,13,16H,4,6,12,14H2. The lowest BCUT2D eigenvalue weighted by molar-refractivity contribution is 0.0704. The molecule has 7 heteroatoms. The molecular weight excluding hydrogens is 359 g/mol. The van der Waals surface area contributed by atoms with Crippen molar-refractivity contribution in [2.24, 2.45) is 0 Å². The maximum absolute atomic E-state index is 14.0. The number of carbonyl (C=O) groups excluding carboxylic acids is 1. The first-order chi connectivity index (χ1) is 13.7. The van der Waals surface area contributed by atoms with E-state index in [1.165, 1.54) is 12.3 Å². The predicted molar refractivity (Wildman–Crippen MR) is 101 cm³/mol. The van der Waals surface area contributed by atoms with E-state index in [-0.39, 0.29) is 23.5 Å². The van der Waals surface area contributed by atoms with Gasteiger partial charge < -0.3 is 9.64 Å². The number of hydrogen-bond acceptors (Lipinski definition) is 5. The molecule has 1 fully saturated rings. The molecule has 1 unspecified atom stereocenters. The Labute approximate surface area is 162 Å². The Kier molecular flexibility index (Phi) is 5.23. The number of benzene rings is 1. The van der Waals surface area contributed by atoms with Crippen LogP contribution in [-0.4, -0.2) is 38.8 Å². The number of pyridine rings is 1. The molecule has 3 aromatic rings. The van der Waals surface area contributed by atoms with Gasteiger partial charge in [-0.1, -0.05) is 12.1 Å². The first kappa shape index (κ1) is 18.0. The predicted octanol–water partition coefficient (Wildman–Crippen LogP) is 3.82. The van der Waals surface area contributed by atoms with E-state index < -0.39 is 5.82 Å². The molecule has 1 aliphatic rings. The molecule has 1 atom stereocenters. The lowest BCUT2D eigenvalue weighted by Gasteiger charge is -2.32. The number of nitrogens with zero attached hydrogens (tertiary/aromatic N) is 4. The Morgan fingerprint density at radius 1 is 1.11 bits per heavy atom. The number of likely N-dealkylation sites (tertiary alicyclic amines) is 1. The van der Waals surface area contributed by atoms with E-state index in [0.29, 0.717) is 24.3 Å². The second-order valence-corrected chi connectivity index (χ2v) is 6.61. The number of carbonyl (C=O) groups is 1. The number of piperidine rings is 1. The fourth-order valence-electron chi connectivity index (χ4n) is 3.38. The van der Waals surface area contributed by atoms with E-state index in [0.717, 1.165) is 12.8 Å². The molecule has 6 nitrogen and oxygen atoms in total. The van der Waals surface area contributed by atoms with Gasteiger partial charge in [-0.05, 0) is 37.1 Å². The zero-order valence-electron chi connectivity index (χ0n) is 15.2. The van der Waals surface area contributed by atoms with Gasteiger partial charge in [0.25, 0.3) is 5.91 Å². The normalized spacial score (nSPS) is 16.6. The molecule has 4 rings (SSSR count). The fraction of sp³-hybridized carbons (Fsp3) is 0.238. The first-order valence-corrected chi connectivity index (χ1v) is 9.15. The summed E-state index contributed by atoms with van der Waals surface area (Å²) in [5.41, 5.74) is 1.19. The second-order valence-electron chi connectivity index (χ2n) is 6.61. The Morgan fingerprint density at radius 3 is 2.79 bits per heavy atom. The molecule has 1 aliphatic heterocycles. The van der Waals surface area contributed by atoms with Gasteiger partial charge in [0.05, 0.1) is 5.56 Å².